The second kappa shape index (κ2) is 9.74. The monoisotopic (exact) mass is 395 g/mol. The van der Waals surface area contributed by atoms with Crippen LogP contribution in [-0.2, 0) is 13.0 Å². The van der Waals surface area contributed by atoms with E-state index in [-0.39, 0.29) is 12.1 Å². The van der Waals surface area contributed by atoms with Gasteiger partial charge in [-0.2, -0.15) is 0 Å². The molecule has 2 aromatic rings. The Morgan fingerprint density at radius 3 is 2.55 bits per heavy atom. The summed E-state index contributed by atoms with van der Waals surface area (Å²) >= 11 is 0. The van der Waals surface area contributed by atoms with Crippen LogP contribution in [0.15, 0.2) is 36.5 Å². The molecule has 0 unspecified atom stereocenters. The van der Waals surface area contributed by atoms with Gasteiger partial charge in [-0.05, 0) is 55.0 Å². The molecule has 0 atom stereocenters. The largest absolute Gasteiger partial charge is 0.356 e. The number of carbonyl (C=O) groups excluding carboxylic acids is 1. The van der Waals surface area contributed by atoms with Crippen molar-refractivity contribution in [2.75, 3.05) is 29.9 Å². The Bertz CT molecular complexity index is 813. The van der Waals surface area contributed by atoms with E-state index < -0.39 is 0 Å². The van der Waals surface area contributed by atoms with Gasteiger partial charge in [-0.3, -0.25) is 0 Å². The van der Waals surface area contributed by atoms with Crippen LogP contribution >= 0.6 is 0 Å². The lowest BCUT2D eigenvalue weighted by atomic mass is 10.0. The lowest BCUT2D eigenvalue weighted by molar-refractivity contribution is 0.177. The number of fused-ring (bicyclic) bond motifs is 1. The van der Waals surface area contributed by atoms with Crippen molar-refractivity contribution in [1.82, 2.24) is 9.88 Å². The van der Waals surface area contributed by atoms with Gasteiger partial charge in [-0.15, -0.1) is 0 Å². The first kappa shape index (κ1) is 21.1. The summed E-state index contributed by atoms with van der Waals surface area (Å²) in [5, 5.41) is 3.09. The van der Waals surface area contributed by atoms with Gasteiger partial charge in [0.15, 0.2) is 0 Å². The van der Waals surface area contributed by atoms with Gasteiger partial charge in [0.2, 0.25) is 0 Å². The molecule has 29 heavy (non-hydrogen) atoms. The Labute approximate surface area is 174 Å². The number of hydrogen-bond acceptors (Lipinski definition) is 4. The summed E-state index contributed by atoms with van der Waals surface area (Å²) < 4.78 is 0. The number of anilines is 2. The number of piperidine rings is 1. The van der Waals surface area contributed by atoms with Gasteiger partial charge in [0.1, 0.15) is 5.82 Å². The van der Waals surface area contributed by atoms with Crippen LogP contribution in [0, 0.1) is 6.92 Å². The first-order valence-electron chi connectivity index (χ1n) is 10.7. The van der Waals surface area contributed by atoms with Crippen molar-refractivity contribution < 1.29 is 4.79 Å². The molecule has 156 valence electrons. The lowest BCUT2D eigenvalue weighted by Crippen LogP contribution is -2.49. The maximum Gasteiger partial charge on any atom is 0.322 e. The summed E-state index contributed by atoms with van der Waals surface area (Å²) in [5.41, 5.74) is 10.1. The molecule has 2 aliphatic rings. The van der Waals surface area contributed by atoms with E-state index in [2.05, 4.69) is 40.3 Å². The van der Waals surface area contributed by atoms with Gasteiger partial charge in [0.25, 0.3) is 0 Å². The first-order valence-corrected chi connectivity index (χ1v) is 10.7. The minimum absolute atomic E-state index is 0.0150. The molecule has 1 saturated heterocycles. The third-order valence-electron chi connectivity index (χ3n) is 5.65. The van der Waals surface area contributed by atoms with Crippen LogP contribution in [0.1, 0.15) is 43.4 Å². The number of urea groups is 1. The Kier molecular flexibility index (Phi) is 7.09. The van der Waals surface area contributed by atoms with E-state index in [4.69, 9.17) is 5.73 Å². The van der Waals surface area contributed by atoms with Crippen molar-refractivity contribution in [2.45, 2.75) is 52.6 Å². The van der Waals surface area contributed by atoms with E-state index in [9.17, 15) is 4.79 Å². The van der Waals surface area contributed by atoms with Crippen molar-refractivity contribution in [3.05, 3.63) is 53.2 Å². The Balaban J connectivity index is 0.00000117. The van der Waals surface area contributed by atoms with Gasteiger partial charge < -0.3 is 20.9 Å². The van der Waals surface area contributed by atoms with Crippen molar-refractivity contribution in [1.29, 1.82) is 0 Å². The zero-order valence-electron chi connectivity index (χ0n) is 17.8. The highest BCUT2D eigenvalue weighted by molar-refractivity contribution is 5.91. The van der Waals surface area contributed by atoms with Gasteiger partial charge in [-0.1, -0.05) is 32.0 Å². The van der Waals surface area contributed by atoms with Gasteiger partial charge in [0.05, 0.1) is 0 Å². The molecule has 0 saturated carbocycles. The Morgan fingerprint density at radius 2 is 1.90 bits per heavy atom. The highest BCUT2D eigenvalue weighted by Gasteiger charge is 2.30. The van der Waals surface area contributed by atoms with Gasteiger partial charge >= 0.3 is 6.03 Å². The number of aromatic nitrogens is 1. The van der Waals surface area contributed by atoms with Crippen LogP contribution in [0.2, 0.25) is 0 Å². The lowest BCUT2D eigenvalue weighted by Gasteiger charge is -2.38. The normalized spacial score (nSPS) is 17.0. The number of nitrogens with zero attached hydrogens (tertiary/aromatic N) is 3. The third kappa shape index (κ3) is 4.88. The zero-order chi connectivity index (χ0) is 20.8. The molecular weight excluding hydrogens is 362 g/mol. The molecule has 0 aliphatic carbocycles. The summed E-state index contributed by atoms with van der Waals surface area (Å²) in [5.74, 6) is 1.03. The van der Waals surface area contributed by atoms with E-state index in [1.54, 1.807) is 0 Å². The fourth-order valence-corrected chi connectivity index (χ4v) is 4.03. The number of hydrogen-bond donors (Lipinski definition) is 2. The molecule has 1 aromatic heterocycles. The van der Waals surface area contributed by atoms with Crippen molar-refractivity contribution in [2.24, 2.45) is 5.73 Å². The molecular formula is C23H33N5O. The first-order chi connectivity index (χ1) is 14.1. The third-order valence-corrected chi connectivity index (χ3v) is 5.65. The number of nitrogens with two attached hydrogens (primary N) is 1. The average molecular weight is 396 g/mol. The number of aryl methyl sites for hydroxylation is 1. The summed E-state index contributed by atoms with van der Waals surface area (Å²) in [6, 6.07) is 10.6. The maximum absolute atomic E-state index is 12.8. The van der Waals surface area contributed by atoms with Crippen LogP contribution in [0.4, 0.5) is 16.3 Å². The van der Waals surface area contributed by atoms with Crippen LogP contribution in [0.5, 0.6) is 0 Å². The minimum atomic E-state index is 0.0150. The number of rotatable bonds is 3. The molecule has 0 bridgehead atoms. The van der Waals surface area contributed by atoms with E-state index in [1.165, 1.54) is 11.1 Å². The molecule has 0 radical (unpaired) electrons. The van der Waals surface area contributed by atoms with Crippen LogP contribution in [-0.4, -0.2) is 41.6 Å². The van der Waals surface area contributed by atoms with Crippen molar-refractivity contribution in [3.63, 3.8) is 0 Å². The molecule has 0 spiro atoms. The molecule has 4 rings (SSSR count). The fourth-order valence-electron chi connectivity index (χ4n) is 4.03. The van der Waals surface area contributed by atoms with E-state index in [1.807, 2.05) is 37.1 Å². The van der Waals surface area contributed by atoms with Crippen LogP contribution < -0.4 is 16.0 Å². The highest BCUT2D eigenvalue weighted by atomic mass is 16.2. The molecule has 2 aliphatic heterocycles. The standard InChI is InChI=1S/C21H27N5O.C2H6/c1-15-2-5-20(23-14-15)25-9-7-18(8-10-25)26-11-6-17-12-16(13-22)3-4-19(17)24-21(26)27;1-2/h2-5,12,14,18H,6-11,13,22H2,1H3,(H,24,27);1-2H3. The second-order valence-electron chi connectivity index (χ2n) is 7.48. The molecule has 3 heterocycles. The average Bonchev–Trinajstić information content (AvgIpc) is 2.93. The highest BCUT2D eigenvalue weighted by Crippen LogP contribution is 2.26. The second-order valence-corrected chi connectivity index (χ2v) is 7.48. The molecule has 3 N–H and O–H groups in total. The zero-order valence-corrected chi connectivity index (χ0v) is 17.8. The summed E-state index contributed by atoms with van der Waals surface area (Å²) in [6.45, 7) is 9.18. The predicted molar refractivity (Wildman–Crippen MR) is 119 cm³/mol. The number of carbonyl (C=O) groups is 1. The predicted octanol–water partition coefficient (Wildman–Crippen LogP) is 3.93. The Morgan fingerprint density at radius 1 is 1.14 bits per heavy atom. The molecule has 1 aromatic carbocycles. The summed E-state index contributed by atoms with van der Waals surface area (Å²) in [6.07, 6.45) is 4.71. The SMILES string of the molecule is CC.Cc1ccc(N2CCC(N3CCc4cc(CN)ccc4NC3=O)CC2)nc1. The molecule has 2 amide bonds. The summed E-state index contributed by atoms with van der Waals surface area (Å²) in [4.78, 5) is 21.6. The van der Waals surface area contributed by atoms with Crippen LogP contribution in [0.25, 0.3) is 0 Å². The quantitative estimate of drug-likeness (QED) is 0.826. The van der Waals surface area contributed by atoms with Gasteiger partial charge in [0, 0.05) is 44.1 Å². The van der Waals surface area contributed by atoms with Crippen molar-refractivity contribution >= 4 is 17.5 Å². The molecule has 1 fully saturated rings. The molecule has 6 nitrogen and oxygen atoms in total. The number of pyridine rings is 1. The fraction of sp³-hybridized carbons (Fsp3) is 0.478. The Hall–Kier alpha value is -2.60. The van der Waals surface area contributed by atoms with Crippen molar-refractivity contribution in [3.8, 4) is 0 Å². The number of benzene rings is 1. The van der Waals surface area contributed by atoms with E-state index in [0.29, 0.717) is 6.54 Å². The maximum atomic E-state index is 12.8. The smallest absolute Gasteiger partial charge is 0.322 e. The van der Waals surface area contributed by atoms with E-state index >= 15 is 0 Å². The number of nitrogens with one attached hydrogen (secondary N) is 1. The topological polar surface area (TPSA) is 74.5 Å². The number of amides is 2. The molecule has 6 heteroatoms. The summed E-state index contributed by atoms with van der Waals surface area (Å²) in [7, 11) is 0. The van der Waals surface area contributed by atoms with Gasteiger partial charge in [-0.25, -0.2) is 9.78 Å². The van der Waals surface area contributed by atoms with E-state index in [0.717, 1.165) is 56.0 Å². The van der Waals surface area contributed by atoms with Crippen LogP contribution in [0.3, 0.4) is 0 Å². The minimum Gasteiger partial charge on any atom is -0.356 e.